The zero-order valence-corrected chi connectivity index (χ0v) is 14.4. The van der Waals surface area contributed by atoms with Gasteiger partial charge in [0.05, 0.1) is 4.90 Å². The normalized spacial score (nSPS) is 16.5. The Balaban J connectivity index is 1.75. The topological polar surface area (TPSA) is 40.6 Å². The fraction of sp³-hybridized carbons (Fsp3) is 0.333. The monoisotopic (exact) mass is 330 g/mol. The maximum Gasteiger partial charge on any atom is 0.243 e. The van der Waals surface area contributed by atoms with Crippen molar-refractivity contribution >= 4 is 15.7 Å². The summed E-state index contributed by atoms with van der Waals surface area (Å²) in [6, 6.07) is 15.4. The molecule has 4 nitrogen and oxygen atoms in total. The van der Waals surface area contributed by atoms with Crippen LogP contribution in [-0.2, 0) is 10.0 Å². The van der Waals surface area contributed by atoms with Crippen LogP contribution >= 0.6 is 0 Å². The number of piperazine rings is 1. The molecule has 0 saturated carbocycles. The Morgan fingerprint density at radius 3 is 2.22 bits per heavy atom. The van der Waals surface area contributed by atoms with Crippen molar-refractivity contribution in [1.29, 1.82) is 0 Å². The highest BCUT2D eigenvalue weighted by Crippen LogP contribution is 2.23. The lowest BCUT2D eigenvalue weighted by Crippen LogP contribution is -2.48. The molecule has 0 spiro atoms. The van der Waals surface area contributed by atoms with Crippen LogP contribution in [0.1, 0.15) is 11.1 Å². The third-order valence-corrected chi connectivity index (χ3v) is 6.22. The maximum atomic E-state index is 12.8. The Morgan fingerprint density at radius 1 is 0.870 bits per heavy atom. The third kappa shape index (κ3) is 3.26. The fourth-order valence-corrected chi connectivity index (χ4v) is 4.54. The number of nitrogens with zero attached hydrogens (tertiary/aromatic N) is 2. The molecule has 0 radical (unpaired) electrons. The predicted molar refractivity (Wildman–Crippen MR) is 93.3 cm³/mol. The molecule has 1 heterocycles. The first-order valence-electron chi connectivity index (χ1n) is 7.86. The molecule has 1 saturated heterocycles. The molecule has 1 fully saturated rings. The molecule has 5 heteroatoms. The van der Waals surface area contributed by atoms with Gasteiger partial charge in [-0.05, 0) is 43.2 Å². The average molecular weight is 330 g/mol. The van der Waals surface area contributed by atoms with Gasteiger partial charge in [0.2, 0.25) is 10.0 Å². The van der Waals surface area contributed by atoms with E-state index in [9.17, 15) is 8.42 Å². The molecule has 0 aromatic heterocycles. The van der Waals surface area contributed by atoms with Gasteiger partial charge in [0.1, 0.15) is 0 Å². The van der Waals surface area contributed by atoms with E-state index in [0.29, 0.717) is 18.0 Å². The smallest absolute Gasteiger partial charge is 0.243 e. The summed E-state index contributed by atoms with van der Waals surface area (Å²) in [5, 5.41) is 0. The van der Waals surface area contributed by atoms with Crippen molar-refractivity contribution in [1.82, 2.24) is 4.31 Å². The van der Waals surface area contributed by atoms with E-state index in [-0.39, 0.29) is 0 Å². The number of sulfonamides is 1. The quantitative estimate of drug-likeness (QED) is 0.869. The van der Waals surface area contributed by atoms with Crippen LogP contribution in [0.15, 0.2) is 53.4 Å². The van der Waals surface area contributed by atoms with Gasteiger partial charge in [0.25, 0.3) is 0 Å². The molecule has 1 aliphatic heterocycles. The number of aryl methyl sites for hydroxylation is 2. The molecule has 23 heavy (non-hydrogen) atoms. The Hall–Kier alpha value is -1.85. The molecule has 0 bridgehead atoms. The minimum absolute atomic E-state index is 0.391. The van der Waals surface area contributed by atoms with Gasteiger partial charge in [0, 0.05) is 31.9 Å². The van der Waals surface area contributed by atoms with Crippen molar-refractivity contribution in [2.45, 2.75) is 18.7 Å². The Kier molecular flexibility index (Phi) is 4.41. The van der Waals surface area contributed by atoms with Crippen molar-refractivity contribution in [2.24, 2.45) is 0 Å². The van der Waals surface area contributed by atoms with E-state index >= 15 is 0 Å². The Labute approximate surface area is 138 Å². The van der Waals surface area contributed by atoms with Crippen LogP contribution in [0.25, 0.3) is 0 Å². The van der Waals surface area contributed by atoms with Gasteiger partial charge < -0.3 is 4.90 Å². The lowest BCUT2D eigenvalue weighted by atomic mass is 10.1. The Morgan fingerprint density at radius 2 is 1.57 bits per heavy atom. The van der Waals surface area contributed by atoms with E-state index in [2.05, 4.69) is 24.0 Å². The number of benzene rings is 2. The number of para-hydroxylation sites is 1. The zero-order valence-electron chi connectivity index (χ0n) is 13.6. The molecule has 0 unspecified atom stereocenters. The highest BCUT2D eigenvalue weighted by molar-refractivity contribution is 7.89. The summed E-state index contributed by atoms with van der Waals surface area (Å²) in [4.78, 5) is 2.65. The lowest BCUT2D eigenvalue weighted by Gasteiger charge is -2.36. The summed E-state index contributed by atoms with van der Waals surface area (Å²) in [7, 11) is -3.39. The van der Waals surface area contributed by atoms with Gasteiger partial charge in [-0.1, -0.05) is 30.3 Å². The van der Waals surface area contributed by atoms with Gasteiger partial charge in [-0.3, -0.25) is 0 Å². The van der Waals surface area contributed by atoms with E-state index in [0.717, 1.165) is 18.7 Å². The molecule has 2 aromatic rings. The van der Waals surface area contributed by atoms with E-state index in [1.807, 2.05) is 25.1 Å². The number of hydrogen-bond donors (Lipinski definition) is 0. The lowest BCUT2D eigenvalue weighted by molar-refractivity contribution is 0.384. The minimum atomic E-state index is -3.39. The van der Waals surface area contributed by atoms with Crippen LogP contribution in [0, 0.1) is 13.8 Å². The summed E-state index contributed by atoms with van der Waals surface area (Å²) >= 11 is 0. The molecule has 122 valence electrons. The molecule has 3 rings (SSSR count). The summed E-state index contributed by atoms with van der Waals surface area (Å²) in [6.07, 6.45) is 0. The zero-order chi connectivity index (χ0) is 16.4. The first-order chi connectivity index (χ1) is 11.0. The molecular weight excluding hydrogens is 308 g/mol. The van der Waals surface area contributed by atoms with Gasteiger partial charge in [-0.15, -0.1) is 0 Å². The standard InChI is InChI=1S/C18H22N2O2S/c1-15-6-5-8-17(14-15)23(21,22)20-12-10-19(11-13-20)18-9-4-3-7-16(18)2/h3-9,14H,10-13H2,1-2H3. The van der Waals surface area contributed by atoms with Crippen molar-refractivity contribution in [3.05, 3.63) is 59.7 Å². The molecule has 2 aromatic carbocycles. The molecule has 0 atom stereocenters. The van der Waals surface area contributed by atoms with Gasteiger partial charge in [-0.25, -0.2) is 8.42 Å². The van der Waals surface area contributed by atoms with Crippen molar-refractivity contribution in [2.75, 3.05) is 31.1 Å². The highest BCUT2D eigenvalue weighted by atomic mass is 32.2. The first-order valence-corrected chi connectivity index (χ1v) is 9.30. The summed E-state index contributed by atoms with van der Waals surface area (Å²) in [5.74, 6) is 0. The van der Waals surface area contributed by atoms with Crippen LogP contribution in [0.3, 0.4) is 0 Å². The second-order valence-corrected chi connectivity index (χ2v) is 7.93. The van der Waals surface area contributed by atoms with Crippen LogP contribution < -0.4 is 4.90 Å². The molecular formula is C18H22N2O2S. The molecule has 0 amide bonds. The van der Waals surface area contributed by atoms with Crippen LogP contribution in [-0.4, -0.2) is 38.9 Å². The summed E-state index contributed by atoms with van der Waals surface area (Å²) < 4.78 is 27.1. The van der Waals surface area contributed by atoms with E-state index in [1.165, 1.54) is 11.3 Å². The van der Waals surface area contributed by atoms with Gasteiger partial charge >= 0.3 is 0 Å². The van der Waals surface area contributed by atoms with E-state index in [1.54, 1.807) is 22.5 Å². The molecule has 0 N–H and O–H groups in total. The predicted octanol–water partition coefficient (Wildman–Crippen LogP) is 2.81. The molecule has 1 aliphatic rings. The minimum Gasteiger partial charge on any atom is -0.369 e. The van der Waals surface area contributed by atoms with Crippen molar-refractivity contribution < 1.29 is 8.42 Å². The van der Waals surface area contributed by atoms with Crippen LogP contribution in [0.5, 0.6) is 0 Å². The summed E-state index contributed by atoms with van der Waals surface area (Å²) in [6.45, 7) is 6.47. The first kappa shape index (κ1) is 16.0. The van der Waals surface area contributed by atoms with Crippen molar-refractivity contribution in [3.63, 3.8) is 0 Å². The number of rotatable bonds is 3. The van der Waals surface area contributed by atoms with Crippen molar-refractivity contribution in [3.8, 4) is 0 Å². The fourth-order valence-electron chi connectivity index (χ4n) is 3.01. The van der Waals surface area contributed by atoms with E-state index in [4.69, 9.17) is 0 Å². The van der Waals surface area contributed by atoms with Crippen LogP contribution in [0.2, 0.25) is 0 Å². The third-order valence-electron chi connectivity index (χ3n) is 4.32. The van der Waals surface area contributed by atoms with Gasteiger partial charge in [-0.2, -0.15) is 4.31 Å². The number of anilines is 1. The largest absolute Gasteiger partial charge is 0.369 e. The van der Waals surface area contributed by atoms with Crippen LogP contribution in [0.4, 0.5) is 5.69 Å². The Bertz CT molecular complexity index is 794. The SMILES string of the molecule is Cc1cccc(S(=O)(=O)N2CCN(c3ccccc3C)CC2)c1. The summed E-state index contributed by atoms with van der Waals surface area (Å²) in [5.41, 5.74) is 3.38. The maximum absolute atomic E-state index is 12.8. The second-order valence-electron chi connectivity index (χ2n) is 5.99. The van der Waals surface area contributed by atoms with Gasteiger partial charge in [0.15, 0.2) is 0 Å². The second kappa shape index (κ2) is 6.34. The van der Waals surface area contributed by atoms with E-state index < -0.39 is 10.0 Å². The average Bonchev–Trinajstić information content (AvgIpc) is 2.55. The molecule has 0 aliphatic carbocycles. The highest BCUT2D eigenvalue weighted by Gasteiger charge is 2.28. The number of hydrogen-bond acceptors (Lipinski definition) is 3.